The zero-order valence-corrected chi connectivity index (χ0v) is 18.3. The lowest BCUT2D eigenvalue weighted by atomic mass is 10.1. The van der Waals surface area contributed by atoms with Crippen LogP contribution in [-0.4, -0.2) is 50.0 Å². The third-order valence-corrected chi connectivity index (χ3v) is 6.50. The summed E-state index contributed by atoms with van der Waals surface area (Å²) in [6, 6.07) is 6.32. The van der Waals surface area contributed by atoms with Crippen molar-refractivity contribution < 1.29 is 9.47 Å². The first-order valence-electron chi connectivity index (χ1n) is 11.2. The van der Waals surface area contributed by atoms with Crippen LogP contribution in [0, 0.1) is 0 Å². The summed E-state index contributed by atoms with van der Waals surface area (Å²) >= 11 is 0. The van der Waals surface area contributed by atoms with Crippen LogP contribution in [-0.2, 0) is 11.8 Å². The number of hydrogen-bond donors (Lipinski definition) is 1. The Morgan fingerprint density at radius 1 is 1.25 bits per heavy atom. The molecule has 1 aliphatic carbocycles. The first-order valence-corrected chi connectivity index (χ1v) is 11.2. The van der Waals surface area contributed by atoms with Crippen LogP contribution in [0.25, 0.3) is 11.3 Å². The summed E-state index contributed by atoms with van der Waals surface area (Å²) in [5, 5.41) is 4.42. The molecule has 2 aliphatic heterocycles. The Balaban J connectivity index is 1.33. The number of aromatic nitrogens is 5. The van der Waals surface area contributed by atoms with Crippen molar-refractivity contribution in [1.82, 2.24) is 24.7 Å². The Hall–Kier alpha value is -3.20. The van der Waals surface area contributed by atoms with E-state index in [-0.39, 0.29) is 6.10 Å². The Bertz CT molecular complexity index is 1160. The first kappa shape index (κ1) is 19.5. The second-order valence-electron chi connectivity index (χ2n) is 9.02. The highest BCUT2D eigenvalue weighted by atomic mass is 16.5. The summed E-state index contributed by atoms with van der Waals surface area (Å²) < 4.78 is 13.7. The van der Waals surface area contributed by atoms with Gasteiger partial charge in [-0.15, -0.1) is 0 Å². The normalized spacial score (nSPS) is 23.0. The van der Waals surface area contributed by atoms with Crippen molar-refractivity contribution in [3.63, 3.8) is 0 Å². The summed E-state index contributed by atoms with van der Waals surface area (Å²) in [6.45, 7) is 3.61. The predicted molar refractivity (Wildman–Crippen MR) is 119 cm³/mol. The van der Waals surface area contributed by atoms with Crippen molar-refractivity contribution in [3.05, 3.63) is 42.1 Å². The van der Waals surface area contributed by atoms with E-state index >= 15 is 0 Å². The van der Waals surface area contributed by atoms with Gasteiger partial charge >= 0.3 is 0 Å². The third kappa shape index (κ3) is 3.56. The number of morpholine rings is 1. The molecule has 32 heavy (non-hydrogen) atoms. The van der Waals surface area contributed by atoms with Gasteiger partial charge in [-0.2, -0.15) is 5.10 Å². The molecule has 0 spiro atoms. The smallest absolute Gasteiger partial charge is 0.166 e. The zero-order chi connectivity index (χ0) is 21.8. The van der Waals surface area contributed by atoms with Gasteiger partial charge < -0.3 is 20.1 Å². The number of pyridine rings is 1. The maximum absolute atomic E-state index is 6.14. The van der Waals surface area contributed by atoms with E-state index in [1.54, 1.807) is 10.9 Å². The van der Waals surface area contributed by atoms with Gasteiger partial charge in [0.25, 0.3) is 0 Å². The Labute approximate surface area is 186 Å². The van der Waals surface area contributed by atoms with Gasteiger partial charge in [-0.25, -0.2) is 15.0 Å². The molecule has 2 N–H and O–H groups in total. The molecule has 3 aliphatic rings. The predicted octanol–water partition coefficient (Wildman–Crippen LogP) is 2.85. The van der Waals surface area contributed by atoms with E-state index < -0.39 is 0 Å². The van der Waals surface area contributed by atoms with Crippen molar-refractivity contribution in [1.29, 1.82) is 0 Å². The van der Waals surface area contributed by atoms with Crippen LogP contribution >= 0.6 is 0 Å². The zero-order valence-electron chi connectivity index (χ0n) is 18.3. The standard InChI is InChI=1S/C23H27N7O2/c1-13(18-5-6-29(2)28-18)32-20-7-15(10-25-22(20)24)19-9-21(27-23(26-19)14-3-4-14)30-11-17-8-16(30)12-31-17/h5-7,9-10,13-14,16-17H,3-4,8,11-12H2,1-2H3,(H2,24,25). The lowest BCUT2D eigenvalue weighted by Gasteiger charge is -2.28. The number of aryl methyl sites for hydroxylation is 1. The molecule has 2 saturated heterocycles. The maximum atomic E-state index is 6.14. The van der Waals surface area contributed by atoms with E-state index in [1.165, 1.54) is 0 Å². The molecular formula is C23H27N7O2. The van der Waals surface area contributed by atoms with Crippen LogP contribution in [0.4, 0.5) is 11.6 Å². The Morgan fingerprint density at radius 3 is 2.81 bits per heavy atom. The molecule has 3 aromatic heterocycles. The molecule has 1 saturated carbocycles. The van der Waals surface area contributed by atoms with Crippen molar-refractivity contribution in [2.45, 2.75) is 50.4 Å². The molecule has 0 amide bonds. The number of ether oxygens (including phenoxy) is 2. The second kappa shape index (κ2) is 7.44. The van der Waals surface area contributed by atoms with Crippen LogP contribution in [0.5, 0.6) is 5.75 Å². The van der Waals surface area contributed by atoms with Gasteiger partial charge in [0.2, 0.25) is 0 Å². The molecule has 6 rings (SSSR count). The van der Waals surface area contributed by atoms with E-state index in [0.717, 1.165) is 61.0 Å². The van der Waals surface area contributed by atoms with Crippen molar-refractivity contribution in [2.75, 3.05) is 23.8 Å². The highest BCUT2D eigenvalue weighted by Crippen LogP contribution is 2.41. The average molecular weight is 434 g/mol. The van der Waals surface area contributed by atoms with Gasteiger partial charge in [0.1, 0.15) is 23.4 Å². The highest BCUT2D eigenvalue weighted by molar-refractivity contribution is 5.67. The SMILES string of the molecule is CC(Oc1cc(-c2cc(N3CC4CC3CO4)nc(C3CC3)n2)cnc1N)c1ccn(C)n1. The summed E-state index contributed by atoms with van der Waals surface area (Å²) in [5.41, 5.74) is 8.70. The molecule has 9 heteroatoms. The monoisotopic (exact) mass is 433 g/mol. The van der Waals surface area contributed by atoms with Crippen molar-refractivity contribution in [2.24, 2.45) is 7.05 Å². The number of fused-ring (bicyclic) bond motifs is 2. The molecule has 0 aromatic carbocycles. The molecule has 9 nitrogen and oxygen atoms in total. The van der Waals surface area contributed by atoms with E-state index in [1.807, 2.05) is 32.3 Å². The van der Waals surface area contributed by atoms with Crippen molar-refractivity contribution in [3.8, 4) is 17.0 Å². The lowest BCUT2D eigenvalue weighted by molar-refractivity contribution is 0.0989. The molecular weight excluding hydrogens is 406 g/mol. The fourth-order valence-corrected chi connectivity index (χ4v) is 4.54. The molecule has 3 unspecified atom stereocenters. The van der Waals surface area contributed by atoms with Crippen LogP contribution in [0.15, 0.2) is 30.6 Å². The molecule has 5 heterocycles. The minimum absolute atomic E-state index is 0.251. The molecule has 3 atom stereocenters. The van der Waals surface area contributed by atoms with Gasteiger partial charge in [-0.3, -0.25) is 4.68 Å². The molecule has 2 bridgehead atoms. The summed E-state index contributed by atoms with van der Waals surface area (Å²) in [5.74, 6) is 3.23. The molecule has 3 fully saturated rings. The molecule has 3 aromatic rings. The minimum Gasteiger partial charge on any atom is -0.480 e. The maximum Gasteiger partial charge on any atom is 0.166 e. The van der Waals surface area contributed by atoms with Gasteiger partial charge in [0, 0.05) is 43.5 Å². The Morgan fingerprint density at radius 2 is 2.12 bits per heavy atom. The molecule has 166 valence electrons. The third-order valence-electron chi connectivity index (χ3n) is 6.50. The number of hydrogen-bond acceptors (Lipinski definition) is 8. The Kier molecular flexibility index (Phi) is 4.53. The molecule has 0 radical (unpaired) electrons. The van der Waals surface area contributed by atoms with E-state index in [2.05, 4.69) is 21.0 Å². The summed E-state index contributed by atoms with van der Waals surface area (Å²) in [4.78, 5) is 16.6. The second-order valence-corrected chi connectivity index (χ2v) is 9.02. The average Bonchev–Trinajstić information content (AvgIpc) is 3.19. The van der Waals surface area contributed by atoms with Gasteiger partial charge in [-0.05, 0) is 38.3 Å². The van der Waals surface area contributed by atoms with Crippen molar-refractivity contribution >= 4 is 11.6 Å². The van der Waals surface area contributed by atoms with Crippen LogP contribution in [0.2, 0.25) is 0 Å². The van der Waals surface area contributed by atoms with Crippen LogP contribution in [0.1, 0.15) is 49.7 Å². The highest BCUT2D eigenvalue weighted by Gasteiger charge is 2.40. The number of rotatable bonds is 6. The summed E-state index contributed by atoms with van der Waals surface area (Å²) in [7, 11) is 1.88. The van der Waals surface area contributed by atoms with Crippen LogP contribution < -0.4 is 15.4 Å². The number of nitrogens with two attached hydrogens (primary N) is 1. The van der Waals surface area contributed by atoms with Crippen LogP contribution in [0.3, 0.4) is 0 Å². The largest absolute Gasteiger partial charge is 0.480 e. The number of nitrogens with zero attached hydrogens (tertiary/aromatic N) is 6. The van der Waals surface area contributed by atoms with E-state index in [9.17, 15) is 0 Å². The lowest BCUT2D eigenvalue weighted by Crippen LogP contribution is -2.37. The van der Waals surface area contributed by atoms with Gasteiger partial charge in [-0.1, -0.05) is 0 Å². The van der Waals surface area contributed by atoms with Gasteiger partial charge in [0.05, 0.1) is 24.4 Å². The first-order chi connectivity index (χ1) is 15.5. The van der Waals surface area contributed by atoms with E-state index in [4.69, 9.17) is 25.2 Å². The fourth-order valence-electron chi connectivity index (χ4n) is 4.54. The quantitative estimate of drug-likeness (QED) is 0.633. The fraction of sp³-hybridized carbons (Fsp3) is 0.478. The van der Waals surface area contributed by atoms with Gasteiger partial charge in [0.15, 0.2) is 11.6 Å². The topological polar surface area (TPSA) is 104 Å². The van der Waals surface area contributed by atoms with E-state index in [0.29, 0.717) is 29.6 Å². The number of anilines is 2. The summed E-state index contributed by atoms with van der Waals surface area (Å²) in [6.07, 6.45) is 7.08. The number of nitrogen functional groups attached to an aromatic ring is 1. The minimum atomic E-state index is -0.251.